The Kier molecular flexibility index (Phi) is 6.07. The van der Waals surface area contributed by atoms with Gasteiger partial charge in [0, 0.05) is 30.4 Å². The van der Waals surface area contributed by atoms with Crippen LogP contribution in [0.4, 0.5) is 5.69 Å². The lowest BCUT2D eigenvalue weighted by molar-refractivity contribution is -0.136. The van der Waals surface area contributed by atoms with Gasteiger partial charge in [0.05, 0.1) is 26.4 Å². The molecule has 2 aromatic rings. The predicted octanol–water partition coefficient (Wildman–Crippen LogP) is 3.31. The highest BCUT2D eigenvalue weighted by atomic mass is 16.5. The summed E-state index contributed by atoms with van der Waals surface area (Å²) in [7, 11) is 3.10. The van der Waals surface area contributed by atoms with E-state index in [2.05, 4.69) is 5.32 Å². The number of amides is 2. The van der Waals surface area contributed by atoms with E-state index in [9.17, 15) is 9.59 Å². The molecule has 152 valence electrons. The van der Waals surface area contributed by atoms with Crippen molar-refractivity contribution < 1.29 is 23.8 Å². The van der Waals surface area contributed by atoms with Gasteiger partial charge in [-0.25, -0.2) is 0 Å². The summed E-state index contributed by atoms with van der Waals surface area (Å²) in [4.78, 5) is 27.1. The number of methoxy groups -OCH3 is 2. The SMILES string of the molecule is CCOc1ccc(C2=C(Nc3cc(OC)cc(OC)c3)C(=O)N(CC)C2=O)cc1. The lowest BCUT2D eigenvalue weighted by Gasteiger charge is -2.13. The standard InChI is InChI=1S/C22H24N2O5/c1-5-24-21(25)19(14-7-9-16(10-8-14)29-6-2)20(22(24)26)23-15-11-17(27-3)13-18(12-15)28-4/h7-13,23H,5-6H2,1-4H3. The topological polar surface area (TPSA) is 77.1 Å². The van der Waals surface area contributed by atoms with Crippen LogP contribution in [0.15, 0.2) is 48.2 Å². The average molecular weight is 396 g/mol. The van der Waals surface area contributed by atoms with Crippen molar-refractivity contribution in [1.82, 2.24) is 4.90 Å². The van der Waals surface area contributed by atoms with E-state index >= 15 is 0 Å². The first-order valence-electron chi connectivity index (χ1n) is 9.36. The second-order valence-corrected chi connectivity index (χ2v) is 6.29. The van der Waals surface area contributed by atoms with Crippen LogP contribution in [0, 0.1) is 0 Å². The third-order valence-corrected chi connectivity index (χ3v) is 4.56. The van der Waals surface area contributed by atoms with Crippen molar-refractivity contribution in [2.45, 2.75) is 13.8 Å². The number of hydrogen-bond donors (Lipinski definition) is 1. The number of anilines is 1. The van der Waals surface area contributed by atoms with Crippen molar-refractivity contribution in [2.75, 3.05) is 32.7 Å². The summed E-state index contributed by atoms with van der Waals surface area (Å²) in [5.41, 5.74) is 1.76. The molecule has 0 bridgehead atoms. The number of imide groups is 1. The van der Waals surface area contributed by atoms with Crippen molar-refractivity contribution in [3.8, 4) is 17.2 Å². The molecule has 0 unspecified atom stereocenters. The summed E-state index contributed by atoms with van der Waals surface area (Å²) in [6.07, 6.45) is 0. The molecular formula is C22H24N2O5. The minimum Gasteiger partial charge on any atom is -0.497 e. The average Bonchev–Trinajstić information content (AvgIpc) is 2.97. The number of nitrogens with one attached hydrogen (secondary N) is 1. The second kappa shape index (κ2) is 8.68. The van der Waals surface area contributed by atoms with Crippen molar-refractivity contribution >= 4 is 23.1 Å². The fourth-order valence-electron chi connectivity index (χ4n) is 3.16. The molecule has 1 N–H and O–H groups in total. The van der Waals surface area contributed by atoms with Gasteiger partial charge in [-0.1, -0.05) is 12.1 Å². The van der Waals surface area contributed by atoms with Crippen molar-refractivity contribution in [3.05, 3.63) is 53.7 Å². The highest BCUT2D eigenvalue weighted by Gasteiger charge is 2.38. The molecule has 7 heteroatoms. The molecule has 0 radical (unpaired) electrons. The Morgan fingerprint density at radius 2 is 1.48 bits per heavy atom. The van der Waals surface area contributed by atoms with Crippen LogP contribution in [0.3, 0.4) is 0 Å². The molecule has 0 atom stereocenters. The Labute approximate surface area is 169 Å². The molecule has 29 heavy (non-hydrogen) atoms. The van der Waals surface area contributed by atoms with Crippen LogP contribution in [0.25, 0.3) is 5.57 Å². The van der Waals surface area contributed by atoms with E-state index in [1.54, 1.807) is 63.6 Å². The number of likely N-dealkylation sites (N-methyl/N-ethyl adjacent to an activating group) is 1. The molecule has 1 aliphatic heterocycles. The summed E-state index contributed by atoms with van der Waals surface area (Å²) in [6.45, 7) is 4.50. The fourth-order valence-corrected chi connectivity index (χ4v) is 3.16. The Bertz CT molecular complexity index is 928. The number of ether oxygens (including phenoxy) is 3. The predicted molar refractivity (Wildman–Crippen MR) is 110 cm³/mol. The summed E-state index contributed by atoms with van der Waals surface area (Å²) in [5.74, 6) is 1.13. The number of hydrogen-bond acceptors (Lipinski definition) is 6. The maximum atomic E-state index is 12.9. The Morgan fingerprint density at radius 1 is 0.862 bits per heavy atom. The third kappa shape index (κ3) is 4.03. The Hall–Kier alpha value is -3.48. The second-order valence-electron chi connectivity index (χ2n) is 6.29. The molecule has 0 saturated carbocycles. The summed E-state index contributed by atoms with van der Waals surface area (Å²) < 4.78 is 16.0. The number of benzene rings is 2. The maximum Gasteiger partial charge on any atom is 0.278 e. The van der Waals surface area contributed by atoms with Gasteiger partial charge in [0.15, 0.2) is 0 Å². The van der Waals surface area contributed by atoms with Gasteiger partial charge in [0.1, 0.15) is 22.9 Å². The van der Waals surface area contributed by atoms with E-state index in [1.807, 2.05) is 6.92 Å². The maximum absolute atomic E-state index is 12.9. The van der Waals surface area contributed by atoms with Gasteiger partial charge in [-0.3, -0.25) is 14.5 Å². The highest BCUT2D eigenvalue weighted by Crippen LogP contribution is 2.33. The van der Waals surface area contributed by atoms with E-state index in [0.717, 1.165) is 0 Å². The molecule has 3 rings (SSSR count). The van der Waals surface area contributed by atoms with Crippen molar-refractivity contribution in [3.63, 3.8) is 0 Å². The molecule has 1 heterocycles. The highest BCUT2D eigenvalue weighted by molar-refractivity contribution is 6.36. The molecule has 0 fully saturated rings. The summed E-state index contributed by atoms with van der Waals surface area (Å²) >= 11 is 0. The smallest absolute Gasteiger partial charge is 0.278 e. The lowest BCUT2D eigenvalue weighted by Crippen LogP contribution is -2.32. The van der Waals surface area contributed by atoms with Crippen LogP contribution in [-0.4, -0.2) is 44.1 Å². The number of carbonyl (C=O) groups is 2. The number of rotatable bonds is 8. The van der Waals surface area contributed by atoms with E-state index in [1.165, 1.54) is 4.90 Å². The zero-order valence-electron chi connectivity index (χ0n) is 16.9. The minimum atomic E-state index is -0.372. The van der Waals surface area contributed by atoms with Crippen LogP contribution in [-0.2, 0) is 9.59 Å². The van der Waals surface area contributed by atoms with Crippen molar-refractivity contribution in [2.24, 2.45) is 0 Å². The van der Waals surface area contributed by atoms with Crippen LogP contribution >= 0.6 is 0 Å². The zero-order chi connectivity index (χ0) is 21.0. The van der Waals surface area contributed by atoms with Gasteiger partial charge in [0.2, 0.25) is 0 Å². The fraction of sp³-hybridized carbons (Fsp3) is 0.273. The summed E-state index contributed by atoms with van der Waals surface area (Å²) in [6, 6.07) is 12.3. The number of carbonyl (C=O) groups excluding carboxylic acids is 2. The number of nitrogens with zero attached hydrogens (tertiary/aromatic N) is 1. The van der Waals surface area contributed by atoms with Gasteiger partial charge in [0.25, 0.3) is 11.8 Å². The molecule has 0 saturated heterocycles. The monoisotopic (exact) mass is 396 g/mol. The van der Waals surface area contributed by atoms with Crippen LogP contribution in [0.1, 0.15) is 19.4 Å². The molecule has 0 aliphatic carbocycles. The molecule has 0 aromatic heterocycles. The first-order chi connectivity index (χ1) is 14.0. The molecule has 0 spiro atoms. The van der Waals surface area contributed by atoms with Gasteiger partial charge in [-0.15, -0.1) is 0 Å². The van der Waals surface area contributed by atoms with Crippen molar-refractivity contribution in [1.29, 1.82) is 0 Å². The van der Waals surface area contributed by atoms with E-state index in [4.69, 9.17) is 14.2 Å². The van der Waals surface area contributed by atoms with E-state index < -0.39 is 0 Å². The Morgan fingerprint density at radius 3 is 2.00 bits per heavy atom. The van der Waals surface area contributed by atoms with Gasteiger partial charge >= 0.3 is 0 Å². The lowest BCUT2D eigenvalue weighted by atomic mass is 10.0. The largest absolute Gasteiger partial charge is 0.497 e. The summed E-state index contributed by atoms with van der Waals surface area (Å²) in [5, 5.41) is 3.10. The Balaban J connectivity index is 2.05. The van der Waals surface area contributed by atoms with E-state index in [-0.39, 0.29) is 24.1 Å². The first kappa shape index (κ1) is 20.3. The van der Waals surface area contributed by atoms with E-state index in [0.29, 0.717) is 40.7 Å². The van der Waals surface area contributed by atoms with Crippen LogP contribution < -0.4 is 19.5 Å². The van der Waals surface area contributed by atoms with Gasteiger partial charge in [-0.05, 0) is 31.5 Å². The van der Waals surface area contributed by atoms with Gasteiger partial charge in [-0.2, -0.15) is 0 Å². The van der Waals surface area contributed by atoms with Crippen LogP contribution in [0.2, 0.25) is 0 Å². The van der Waals surface area contributed by atoms with Crippen LogP contribution in [0.5, 0.6) is 17.2 Å². The molecule has 2 amide bonds. The normalized spacial score (nSPS) is 13.7. The first-order valence-corrected chi connectivity index (χ1v) is 9.36. The molecule has 2 aromatic carbocycles. The minimum absolute atomic E-state index is 0.219. The van der Waals surface area contributed by atoms with Gasteiger partial charge < -0.3 is 19.5 Å². The third-order valence-electron chi connectivity index (χ3n) is 4.56. The zero-order valence-corrected chi connectivity index (χ0v) is 16.9. The molecule has 7 nitrogen and oxygen atoms in total. The molecular weight excluding hydrogens is 372 g/mol. The quantitative estimate of drug-likeness (QED) is 0.690. The molecule has 1 aliphatic rings.